The topological polar surface area (TPSA) is 83.1 Å². The van der Waals surface area contributed by atoms with Gasteiger partial charge in [0, 0.05) is 24.7 Å². The molecule has 1 amide bonds. The number of hydrogen-bond acceptors (Lipinski definition) is 5. The number of aromatic nitrogens is 2. The molecule has 1 aromatic carbocycles. The van der Waals surface area contributed by atoms with Crippen molar-refractivity contribution in [2.75, 3.05) is 23.8 Å². The van der Waals surface area contributed by atoms with Crippen LogP contribution in [-0.4, -0.2) is 59.0 Å². The molecule has 0 unspecified atom stereocenters. The van der Waals surface area contributed by atoms with E-state index in [1.54, 1.807) is 4.90 Å². The number of carbonyl (C=O) groups is 1. The maximum absolute atomic E-state index is 12.6. The Hall–Kier alpha value is -1.80. The van der Waals surface area contributed by atoms with Gasteiger partial charge in [0.25, 0.3) is 0 Å². The fourth-order valence-corrected chi connectivity index (χ4v) is 5.93. The van der Waals surface area contributed by atoms with Crippen LogP contribution in [0.5, 0.6) is 0 Å². The van der Waals surface area contributed by atoms with Crippen LogP contribution < -0.4 is 0 Å². The van der Waals surface area contributed by atoms with Gasteiger partial charge in [-0.05, 0) is 25.8 Å². The zero-order valence-electron chi connectivity index (χ0n) is 15.6. The largest absolute Gasteiger partial charge is 0.338 e. The van der Waals surface area contributed by atoms with Crippen LogP contribution in [0.2, 0.25) is 0 Å². The smallest absolute Gasteiger partial charge is 0.233 e. The fourth-order valence-electron chi connectivity index (χ4n) is 3.37. The minimum Gasteiger partial charge on any atom is -0.338 e. The van der Waals surface area contributed by atoms with Crippen LogP contribution in [-0.2, 0) is 21.1 Å². The standard InChI is InChI=1S/C19H25N3O3S2/c1-3-22(16-9-10-27(24,25)13-16)18(23)12-26-19-20-14(2)17(21-19)11-15-7-5-4-6-8-15/h4-8,16H,3,9-13H2,1-2H3,(H,20,21)/t16-/m0/s1. The third-order valence-electron chi connectivity index (χ3n) is 4.82. The van der Waals surface area contributed by atoms with E-state index in [1.165, 1.54) is 17.3 Å². The number of sulfone groups is 1. The third-order valence-corrected chi connectivity index (χ3v) is 7.43. The molecule has 6 nitrogen and oxygen atoms in total. The highest BCUT2D eigenvalue weighted by Crippen LogP contribution is 2.22. The molecule has 146 valence electrons. The van der Waals surface area contributed by atoms with E-state index in [-0.39, 0.29) is 29.2 Å². The van der Waals surface area contributed by atoms with E-state index in [2.05, 4.69) is 22.1 Å². The van der Waals surface area contributed by atoms with Crippen molar-refractivity contribution >= 4 is 27.5 Å². The molecule has 0 aliphatic carbocycles. The average Bonchev–Trinajstić information content (AvgIpc) is 3.17. The summed E-state index contributed by atoms with van der Waals surface area (Å²) >= 11 is 1.37. The number of rotatable bonds is 7. The van der Waals surface area contributed by atoms with Crippen molar-refractivity contribution in [3.05, 3.63) is 47.3 Å². The number of imidazole rings is 1. The lowest BCUT2D eigenvalue weighted by Gasteiger charge is -2.26. The quantitative estimate of drug-likeness (QED) is 0.713. The molecular formula is C19H25N3O3S2. The number of aromatic amines is 1. The molecule has 2 aromatic rings. The summed E-state index contributed by atoms with van der Waals surface area (Å²) in [4.78, 5) is 22.2. The van der Waals surface area contributed by atoms with Gasteiger partial charge in [0.2, 0.25) is 5.91 Å². The number of H-pyrrole nitrogens is 1. The molecule has 3 rings (SSSR count). The first-order valence-corrected chi connectivity index (χ1v) is 11.9. The Morgan fingerprint density at radius 3 is 2.70 bits per heavy atom. The number of hydrogen-bond donors (Lipinski definition) is 1. The summed E-state index contributed by atoms with van der Waals surface area (Å²) in [5.74, 6) is 0.471. The summed E-state index contributed by atoms with van der Waals surface area (Å²) in [5.41, 5.74) is 3.17. The van der Waals surface area contributed by atoms with Crippen molar-refractivity contribution < 1.29 is 13.2 Å². The van der Waals surface area contributed by atoms with Gasteiger partial charge in [0.05, 0.1) is 23.0 Å². The zero-order chi connectivity index (χ0) is 19.4. The van der Waals surface area contributed by atoms with Crippen LogP contribution in [0.3, 0.4) is 0 Å². The molecule has 1 aromatic heterocycles. The SMILES string of the molecule is CCN(C(=O)CSc1nc(Cc2ccccc2)c(C)[nH]1)[C@H]1CCS(=O)(=O)C1. The minimum absolute atomic E-state index is 0.0386. The second-order valence-electron chi connectivity index (χ2n) is 6.80. The molecule has 1 aliphatic rings. The van der Waals surface area contributed by atoms with Crippen LogP contribution in [0.15, 0.2) is 35.5 Å². The lowest BCUT2D eigenvalue weighted by molar-refractivity contribution is -0.129. The van der Waals surface area contributed by atoms with E-state index in [4.69, 9.17) is 0 Å². The Morgan fingerprint density at radius 1 is 1.33 bits per heavy atom. The molecule has 1 N–H and O–H groups in total. The third kappa shape index (κ3) is 5.13. The highest BCUT2D eigenvalue weighted by Gasteiger charge is 2.33. The summed E-state index contributed by atoms with van der Waals surface area (Å²) in [5, 5.41) is 0.724. The zero-order valence-corrected chi connectivity index (χ0v) is 17.3. The summed E-state index contributed by atoms with van der Waals surface area (Å²) < 4.78 is 23.4. The lowest BCUT2D eigenvalue weighted by atomic mass is 10.1. The van der Waals surface area contributed by atoms with Gasteiger partial charge in [-0.2, -0.15) is 0 Å². The number of nitrogens with one attached hydrogen (secondary N) is 1. The molecule has 0 spiro atoms. The Morgan fingerprint density at radius 2 is 2.07 bits per heavy atom. The van der Waals surface area contributed by atoms with Gasteiger partial charge < -0.3 is 9.88 Å². The maximum atomic E-state index is 12.6. The Kier molecular flexibility index (Phi) is 6.26. The Labute approximate surface area is 164 Å². The predicted octanol–water partition coefficient (Wildman–Crippen LogP) is 2.44. The Bertz CT molecular complexity index is 894. The summed E-state index contributed by atoms with van der Waals surface area (Å²) in [6, 6.07) is 9.95. The van der Waals surface area contributed by atoms with Crippen LogP contribution in [0.1, 0.15) is 30.3 Å². The number of benzene rings is 1. The van der Waals surface area contributed by atoms with Crippen molar-refractivity contribution in [1.82, 2.24) is 14.9 Å². The molecule has 0 saturated carbocycles. The number of thioether (sulfide) groups is 1. The first-order chi connectivity index (χ1) is 12.9. The van der Waals surface area contributed by atoms with Crippen LogP contribution in [0, 0.1) is 6.92 Å². The van der Waals surface area contributed by atoms with E-state index in [9.17, 15) is 13.2 Å². The van der Waals surface area contributed by atoms with E-state index < -0.39 is 9.84 Å². The number of amides is 1. The van der Waals surface area contributed by atoms with E-state index >= 15 is 0 Å². The average molecular weight is 408 g/mol. The molecular weight excluding hydrogens is 382 g/mol. The first kappa shape index (κ1) is 19.9. The van der Waals surface area contributed by atoms with Gasteiger partial charge in [0.15, 0.2) is 15.0 Å². The van der Waals surface area contributed by atoms with Gasteiger partial charge in [0.1, 0.15) is 0 Å². The predicted molar refractivity (Wildman–Crippen MR) is 108 cm³/mol. The summed E-state index contributed by atoms with van der Waals surface area (Å²) in [6.07, 6.45) is 1.28. The van der Waals surface area contributed by atoms with Crippen molar-refractivity contribution in [3.8, 4) is 0 Å². The van der Waals surface area contributed by atoms with Crippen LogP contribution in [0.25, 0.3) is 0 Å². The lowest BCUT2D eigenvalue weighted by Crippen LogP contribution is -2.41. The molecule has 0 bridgehead atoms. The number of aryl methyl sites for hydroxylation is 1. The first-order valence-electron chi connectivity index (χ1n) is 9.10. The maximum Gasteiger partial charge on any atom is 0.233 e. The van der Waals surface area contributed by atoms with Crippen molar-refractivity contribution in [1.29, 1.82) is 0 Å². The number of nitrogens with zero attached hydrogens (tertiary/aromatic N) is 2. The molecule has 27 heavy (non-hydrogen) atoms. The van der Waals surface area contributed by atoms with E-state index in [0.29, 0.717) is 13.0 Å². The van der Waals surface area contributed by atoms with Gasteiger partial charge in [-0.3, -0.25) is 4.79 Å². The monoisotopic (exact) mass is 407 g/mol. The van der Waals surface area contributed by atoms with Gasteiger partial charge >= 0.3 is 0 Å². The van der Waals surface area contributed by atoms with Gasteiger partial charge in [-0.15, -0.1) is 0 Å². The second kappa shape index (κ2) is 8.48. The van der Waals surface area contributed by atoms with Crippen LogP contribution >= 0.6 is 11.8 Å². The molecule has 2 heterocycles. The molecule has 0 radical (unpaired) electrons. The van der Waals surface area contributed by atoms with Crippen LogP contribution in [0.4, 0.5) is 0 Å². The minimum atomic E-state index is -3.00. The highest BCUT2D eigenvalue weighted by atomic mass is 32.2. The van der Waals surface area contributed by atoms with E-state index in [1.807, 2.05) is 32.0 Å². The summed E-state index contributed by atoms with van der Waals surface area (Å²) in [7, 11) is -3.00. The second-order valence-corrected chi connectivity index (χ2v) is 9.99. The molecule has 1 aliphatic heterocycles. The molecule has 1 fully saturated rings. The van der Waals surface area contributed by atoms with E-state index in [0.717, 1.165) is 23.0 Å². The molecule has 1 saturated heterocycles. The normalized spacial score (nSPS) is 18.5. The molecule has 1 atom stereocenters. The highest BCUT2D eigenvalue weighted by molar-refractivity contribution is 7.99. The molecule has 8 heteroatoms. The Balaban J connectivity index is 1.59. The number of carbonyl (C=O) groups excluding carboxylic acids is 1. The van der Waals surface area contributed by atoms with Crippen molar-refractivity contribution in [2.24, 2.45) is 0 Å². The fraction of sp³-hybridized carbons (Fsp3) is 0.474. The van der Waals surface area contributed by atoms with Gasteiger partial charge in [-0.25, -0.2) is 13.4 Å². The van der Waals surface area contributed by atoms with Crippen molar-refractivity contribution in [3.63, 3.8) is 0 Å². The van der Waals surface area contributed by atoms with Gasteiger partial charge in [-0.1, -0.05) is 42.1 Å². The summed E-state index contributed by atoms with van der Waals surface area (Å²) in [6.45, 7) is 4.40. The van der Waals surface area contributed by atoms with Crippen molar-refractivity contribution in [2.45, 2.75) is 37.9 Å².